The maximum absolute atomic E-state index is 14.8. The highest BCUT2D eigenvalue weighted by Gasteiger charge is 2.69. The number of benzene rings is 1. The van der Waals surface area contributed by atoms with Crippen LogP contribution in [0.25, 0.3) is 10.9 Å². The number of nitrogens with one attached hydrogen (secondary N) is 2. The maximum atomic E-state index is 14.8. The molecular weight excluding hydrogens is 550 g/mol. The number of aromatic nitrogens is 1. The summed E-state index contributed by atoms with van der Waals surface area (Å²) in [5, 5.41) is 4.99. The number of fused-ring (bicyclic) bond motifs is 10. The summed E-state index contributed by atoms with van der Waals surface area (Å²) < 4.78 is 0. The molecule has 5 aliphatic carbocycles. The van der Waals surface area contributed by atoms with Crippen LogP contribution in [0.3, 0.4) is 0 Å². The van der Waals surface area contributed by atoms with E-state index in [4.69, 9.17) is 0 Å². The first kappa shape index (κ1) is 30.3. The number of allylic oxidation sites excluding steroid dienone is 2. The topological polar surface area (TPSA) is 48.1 Å². The summed E-state index contributed by atoms with van der Waals surface area (Å²) in [6, 6.07) is 9.04. The SMILES string of the molecule is CC1(C)CC[C@]2(C(=O)N3CCCNCC3)CC[C@]3(C)C(=CC[C@@H]4[C@@]5(C)Cc6c([nH]c7ccccc67)C(C)(C)[C@@H]5CC[C@]43C)[C@H]2C1. The average Bonchev–Trinajstić information content (AvgIpc) is 3.16. The van der Waals surface area contributed by atoms with E-state index in [0.29, 0.717) is 23.7 Å². The number of nitrogens with zero attached hydrogens (tertiary/aromatic N) is 1. The standard InChI is InChI=1S/C41H59N3O/c1-36(2)17-19-41(35(45)44-23-10-21-42-22-24-44)20-18-39(6)29(30(41)26-36)13-14-33-38(5)25-28-27-11-8-9-12-31(27)43-34(28)37(3,4)32(38)15-16-40(33,39)7/h8-9,11-13,30,32-33,42-43H,10,14-26H2,1-7H3/t30-,32+,33-,38+,39-,40-,41+/m1/s1. The van der Waals surface area contributed by atoms with E-state index in [2.05, 4.69) is 94.0 Å². The molecule has 6 aliphatic rings. The minimum Gasteiger partial charge on any atom is -0.358 e. The molecule has 0 bridgehead atoms. The van der Waals surface area contributed by atoms with Gasteiger partial charge in [0.15, 0.2) is 0 Å². The first-order valence-corrected chi connectivity index (χ1v) is 18.6. The number of rotatable bonds is 1. The molecular formula is C41H59N3O. The van der Waals surface area contributed by atoms with E-state index in [1.54, 1.807) is 11.1 Å². The smallest absolute Gasteiger partial charge is 0.229 e. The summed E-state index contributed by atoms with van der Waals surface area (Å²) in [7, 11) is 0. The van der Waals surface area contributed by atoms with Crippen molar-refractivity contribution in [1.82, 2.24) is 15.2 Å². The highest BCUT2D eigenvalue weighted by atomic mass is 16.2. The van der Waals surface area contributed by atoms with E-state index in [9.17, 15) is 4.79 Å². The number of hydrogen-bond acceptors (Lipinski definition) is 2. The third kappa shape index (κ3) is 3.96. The van der Waals surface area contributed by atoms with Gasteiger partial charge in [-0.2, -0.15) is 0 Å². The maximum Gasteiger partial charge on any atom is 0.229 e. The second-order valence-electron chi connectivity index (χ2n) is 18.7. The van der Waals surface area contributed by atoms with Crippen molar-refractivity contribution >= 4 is 16.8 Å². The van der Waals surface area contributed by atoms with Gasteiger partial charge >= 0.3 is 0 Å². The molecule has 0 radical (unpaired) electrons. The van der Waals surface area contributed by atoms with Gasteiger partial charge in [-0.25, -0.2) is 0 Å². The summed E-state index contributed by atoms with van der Waals surface area (Å²) in [5.74, 6) is 2.19. The second kappa shape index (κ2) is 9.74. The van der Waals surface area contributed by atoms with Gasteiger partial charge in [0.1, 0.15) is 0 Å². The number of H-pyrrole nitrogens is 1. The van der Waals surface area contributed by atoms with Crippen molar-refractivity contribution in [3.63, 3.8) is 0 Å². The Morgan fingerprint density at radius 2 is 1.67 bits per heavy atom. The predicted octanol–water partition coefficient (Wildman–Crippen LogP) is 8.81. The molecule has 1 aromatic carbocycles. The summed E-state index contributed by atoms with van der Waals surface area (Å²) in [4.78, 5) is 21.0. The molecule has 45 heavy (non-hydrogen) atoms. The van der Waals surface area contributed by atoms with Crippen molar-refractivity contribution in [3.8, 4) is 0 Å². The zero-order chi connectivity index (χ0) is 31.6. The zero-order valence-electron chi connectivity index (χ0n) is 29.4. The first-order valence-electron chi connectivity index (χ1n) is 18.6. The van der Waals surface area contributed by atoms with Gasteiger partial charge in [0, 0.05) is 41.6 Å². The summed E-state index contributed by atoms with van der Waals surface area (Å²) in [6.45, 7) is 21.9. The van der Waals surface area contributed by atoms with Crippen LogP contribution < -0.4 is 5.32 Å². The van der Waals surface area contributed by atoms with Gasteiger partial charge in [0.25, 0.3) is 0 Å². The van der Waals surface area contributed by atoms with Crippen molar-refractivity contribution in [1.29, 1.82) is 0 Å². The molecule has 2 aromatic rings. The average molecular weight is 610 g/mol. The monoisotopic (exact) mass is 609 g/mol. The van der Waals surface area contributed by atoms with Gasteiger partial charge in [-0.05, 0) is 122 Å². The molecule has 1 saturated heterocycles. The summed E-state index contributed by atoms with van der Waals surface area (Å²) in [6.07, 6.45) is 14.5. The number of carbonyl (C=O) groups is 1. The van der Waals surface area contributed by atoms with E-state index in [-0.39, 0.29) is 32.5 Å². The lowest BCUT2D eigenvalue weighted by Gasteiger charge is -2.71. The number of para-hydroxylation sites is 1. The molecule has 4 heteroatoms. The lowest BCUT2D eigenvalue weighted by molar-refractivity contribution is -0.172. The molecule has 8 rings (SSSR count). The van der Waals surface area contributed by atoms with Gasteiger partial charge in [-0.1, -0.05) is 78.3 Å². The molecule has 1 amide bonds. The molecule has 2 heterocycles. The lowest BCUT2D eigenvalue weighted by Crippen LogP contribution is -2.65. The van der Waals surface area contributed by atoms with Crippen molar-refractivity contribution < 1.29 is 4.79 Å². The van der Waals surface area contributed by atoms with Crippen LogP contribution in [0.2, 0.25) is 0 Å². The van der Waals surface area contributed by atoms with E-state index in [1.165, 1.54) is 61.5 Å². The van der Waals surface area contributed by atoms with Crippen molar-refractivity contribution in [2.75, 3.05) is 26.2 Å². The molecule has 1 aromatic heterocycles. The Morgan fingerprint density at radius 3 is 2.49 bits per heavy atom. The Balaban J connectivity index is 1.21. The van der Waals surface area contributed by atoms with Crippen molar-refractivity contribution in [2.24, 2.45) is 44.8 Å². The fourth-order valence-corrected chi connectivity index (χ4v) is 13.3. The Labute approximate surface area is 272 Å². The Morgan fingerprint density at radius 1 is 0.889 bits per heavy atom. The normalized spacial score (nSPS) is 41.9. The molecule has 0 unspecified atom stereocenters. The van der Waals surface area contributed by atoms with Crippen molar-refractivity contribution in [2.45, 2.75) is 118 Å². The Hall–Kier alpha value is -2.07. The fraction of sp³-hybridized carbons (Fsp3) is 0.732. The zero-order valence-corrected chi connectivity index (χ0v) is 29.4. The van der Waals surface area contributed by atoms with Crippen LogP contribution in [0, 0.1) is 44.8 Å². The fourth-order valence-electron chi connectivity index (χ4n) is 13.3. The van der Waals surface area contributed by atoms with Crippen LogP contribution in [0.15, 0.2) is 35.9 Å². The summed E-state index contributed by atoms with van der Waals surface area (Å²) >= 11 is 0. The molecule has 0 spiro atoms. The van der Waals surface area contributed by atoms with Crippen LogP contribution >= 0.6 is 0 Å². The number of amides is 1. The quantitative estimate of drug-likeness (QED) is 0.318. The minimum absolute atomic E-state index is 0.122. The van der Waals surface area contributed by atoms with Crippen LogP contribution in [0.1, 0.15) is 118 Å². The third-order valence-corrected chi connectivity index (χ3v) is 15.8. The van der Waals surface area contributed by atoms with Crippen LogP contribution in [-0.2, 0) is 16.6 Å². The van der Waals surface area contributed by atoms with Crippen LogP contribution in [0.4, 0.5) is 0 Å². The largest absolute Gasteiger partial charge is 0.358 e. The molecule has 4 fully saturated rings. The van der Waals surface area contributed by atoms with Gasteiger partial charge in [0.2, 0.25) is 5.91 Å². The van der Waals surface area contributed by atoms with E-state index in [1.807, 2.05) is 0 Å². The minimum atomic E-state index is -0.207. The Bertz CT molecular complexity index is 1560. The van der Waals surface area contributed by atoms with Gasteiger partial charge in [0.05, 0.1) is 5.41 Å². The number of carbonyl (C=O) groups excluding carboxylic acids is 1. The summed E-state index contributed by atoms with van der Waals surface area (Å²) in [5.41, 5.74) is 6.94. The first-order chi connectivity index (χ1) is 21.3. The Kier molecular flexibility index (Phi) is 6.55. The highest BCUT2D eigenvalue weighted by molar-refractivity contribution is 5.86. The molecule has 3 saturated carbocycles. The molecule has 2 N–H and O–H groups in total. The molecule has 244 valence electrons. The predicted molar refractivity (Wildman–Crippen MR) is 185 cm³/mol. The van der Waals surface area contributed by atoms with Crippen LogP contribution in [-0.4, -0.2) is 42.0 Å². The third-order valence-electron chi connectivity index (χ3n) is 15.8. The van der Waals surface area contributed by atoms with Crippen LogP contribution in [0.5, 0.6) is 0 Å². The molecule has 1 aliphatic heterocycles. The van der Waals surface area contributed by atoms with E-state index >= 15 is 0 Å². The van der Waals surface area contributed by atoms with E-state index < -0.39 is 0 Å². The highest BCUT2D eigenvalue weighted by Crippen LogP contribution is 2.75. The number of hydrogen-bond donors (Lipinski definition) is 2. The van der Waals surface area contributed by atoms with Gasteiger partial charge in [-0.3, -0.25) is 4.79 Å². The van der Waals surface area contributed by atoms with Crippen molar-refractivity contribution in [3.05, 3.63) is 47.2 Å². The lowest BCUT2D eigenvalue weighted by atomic mass is 9.33. The van der Waals surface area contributed by atoms with Gasteiger partial charge in [-0.15, -0.1) is 0 Å². The van der Waals surface area contributed by atoms with E-state index in [0.717, 1.165) is 45.4 Å². The van der Waals surface area contributed by atoms with Gasteiger partial charge < -0.3 is 15.2 Å². The molecule has 4 nitrogen and oxygen atoms in total. The molecule has 7 atom stereocenters. The second-order valence-corrected chi connectivity index (χ2v) is 18.7. The number of aromatic amines is 1.